The molecular weight excluding hydrogens is 392 g/mol. The van der Waals surface area contributed by atoms with Crippen LogP contribution in [0.25, 0.3) is 11.2 Å². The fourth-order valence-electron chi connectivity index (χ4n) is 3.27. The van der Waals surface area contributed by atoms with E-state index in [4.69, 9.17) is 5.11 Å². The van der Waals surface area contributed by atoms with Gasteiger partial charge in [0.1, 0.15) is 17.9 Å². The van der Waals surface area contributed by atoms with Crippen molar-refractivity contribution < 1.29 is 18.3 Å². The second-order valence-electron chi connectivity index (χ2n) is 7.01. The maximum Gasteiger partial charge on any atom is 0.318 e. The molecule has 0 radical (unpaired) electrons. The van der Waals surface area contributed by atoms with Crippen molar-refractivity contribution in [3.63, 3.8) is 0 Å². The molecule has 0 aliphatic heterocycles. The number of nitrogens with one attached hydrogen (secondary N) is 1. The standard InChI is InChI=1S/C20H24N4O4S/c1-5-17-22-19-12(2)16(13(3)21-20(19)23-17)10-14-6-8-15(9-7-14)29(27,28)24(4)11-18(25)26/h6-9H,5,10-11H2,1-4H3,(H,25,26)(H,21,22,23). The van der Waals surface area contributed by atoms with Crippen molar-refractivity contribution in [2.75, 3.05) is 13.6 Å². The number of aryl methyl sites for hydroxylation is 3. The molecule has 0 unspecified atom stereocenters. The summed E-state index contributed by atoms with van der Waals surface area (Å²) in [5, 5.41) is 8.83. The summed E-state index contributed by atoms with van der Waals surface area (Å²) < 4.78 is 25.7. The maximum absolute atomic E-state index is 12.5. The molecule has 0 atom stereocenters. The number of carboxylic acid groups (broad SMARTS) is 1. The second kappa shape index (κ2) is 7.92. The molecule has 0 saturated carbocycles. The highest BCUT2D eigenvalue weighted by Gasteiger charge is 2.22. The summed E-state index contributed by atoms with van der Waals surface area (Å²) in [6.45, 7) is 5.42. The van der Waals surface area contributed by atoms with Gasteiger partial charge in [0.05, 0.1) is 4.90 Å². The third-order valence-electron chi connectivity index (χ3n) is 4.96. The highest BCUT2D eigenvalue weighted by molar-refractivity contribution is 7.89. The number of sulfonamides is 1. The van der Waals surface area contributed by atoms with Crippen LogP contribution in [0.4, 0.5) is 0 Å². The van der Waals surface area contributed by atoms with Crippen LogP contribution in [-0.4, -0.2) is 52.3 Å². The van der Waals surface area contributed by atoms with Gasteiger partial charge < -0.3 is 10.1 Å². The highest BCUT2D eigenvalue weighted by Crippen LogP contribution is 2.24. The lowest BCUT2D eigenvalue weighted by molar-refractivity contribution is -0.137. The van der Waals surface area contributed by atoms with Gasteiger partial charge in [-0.05, 0) is 49.1 Å². The predicted octanol–water partition coefficient (Wildman–Crippen LogP) is 2.43. The smallest absolute Gasteiger partial charge is 0.318 e. The quantitative estimate of drug-likeness (QED) is 0.611. The average molecular weight is 417 g/mol. The van der Waals surface area contributed by atoms with E-state index in [1.165, 1.54) is 19.2 Å². The summed E-state index contributed by atoms with van der Waals surface area (Å²) in [7, 11) is -2.59. The molecule has 0 fully saturated rings. The van der Waals surface area contributed by atoms with E-state index in [0.29, 0.717) is 6.42 Å². The van der Waals surface area contributed by atoms with Crippen LogP contribution < -0.4 is 0 Å². The Morgan fingerprint density at radius 1 is 1.17 bits per heavy atom. The molecule has 0 spiro atoms. The molecule has 0 aliphatic carbocycles. The number of aromatic amines is 1. The number of fused-ring (bicyclic) bond motifs is 1. The van der Waals surface area contributed by atoms with Gasteiger partial charge in [0.25, 0.3) is 0 Å². The van der Waals surface area contributed by atoms with Crippen LogP contribution >= 0.6 is 0 Å². The van der Waals surface area contributed by atoms with Gasteiger partial charge >= 0.3 is 5.97 Å². The Balaban J connectivity index is 1.89. The molecule has 154 valence electrons. The van der Waals surface area contributed by atoms with E-state index in [0.717, 1.165) is 50.1 Å². The molecule has 3 aromatic rings. The van der Waals surface area contributed by atoms with Crippen LogP contribution in [0.3, 0.4) is 0 Å². The zero-order valence-corrected chi connectivity index (χ0v) is 17.7. The van der Waals surface area contributed by atoms with Crippen molar-refractivity contribution in [1.82, 2.24) is 19.3 Å². The summed E-state index contributed by atoms with van der Waals surface area (Å²) in [6, 6.07) is 6.49. The normalized spacial score (nSPS) is 12.0. The molecule has 0 amide bonds. The summed E-state index contributed by atoms with van der Waals surface area (Å²) in [4.78, 5) is 23.3. The first-order chi connectivity index (χ1) is 13.6. The Hall–Kier alpha value is -2.78. The number of benzene rings is 1. The zero-order chi connectivity index (χ0) is 21.3. The van der Waals surface area contributed by atoms with E-state index in [1.807, 2.05) is 20.8 Å². The molecule has 3 rings (SSSR count). The maximum atomic E-state index is 12.5. The predicted molar refractivity (Wildman–Crippen MR) is 109 cm³/mol. The number of hydrogen-bond donors (Lipinski definition) is 2. The SMILES string of the molecule is CCc1nc2c(C)c(Cc3ccc(S(=O)(=O)N(C)CC(=O)O)cc3)c(C)nc2[nH]1. The molecule has 1 aromatic carbocycles. The van der Waals surface area contributed by atoms with E-state index in [2.05, 4.69) is 15.0 Å². The Labute approximate surface area is 169 Å². The Morgan fingerprint density at radius 3 is 2.41 bits per heavy atom. The van der Waals surface area contributed by atoms with Crippen molar-refractivity contribution in [2.24, 2.45) is 0 Å². The lowest BCUT2D eigenvalue weighted by Crippen LogP contribution is -2.32. The number of imidazole rings is 1. The number of rotatable bonds is 7. The number of aromatic nitrogens is 3. The summed E-state index contributed by atoms with van der Waals surface area (Å²) in [6.07, 6.45) is 1.40. The van der Waals surface area contributed by atoms with Gasteiger partial charge in [0.2, 0.25) is 10.0 Å². The highest BCUT2D eigenvalue weighted by atomic mass is 32.2. The van der Waals surface area contributed by atoms with Crippen molar-refractivity contribution >= 4 is 27.2 Å². The van der Waals surface area contributed by atoms with Gasteiger partial charge in [-0.3, -0.25) is 4.79 Å². The fraction of sp³-hybridized carbons (Fsp3) is 0.350. The third-order valence-corrected chi connectivity index (χ3v) is 6.78. The Kier molecular flexibility index (Phi) is 5.72. The first-order valence-corrected chi connectivity index (χ1v) is 10.7. The molecule has 9 heteroatoms. The second-order valence-corrected chi connectivity index (χ2v) is 9.06. The Bertz CT molecular complexity index is 1170. The lowest BCUT2D eigenvalue weighted by Gasteiger charge is -2.15. The molecule has 8 nitrogen and oxygen atoms in total. The minimum absolute atomic E-state index is 0.0620. The van der Waals surface area contributed by atoms with Gasteiger partial charge in [0.15, 0.2) is 5.65 Å². The summed E-state index contributed by atoms with van der Waals surface area (Å²) in [5.74, 6) is -0.307. The molecular formula is C20H24N4O4S. The number of hydrogen-bond acceptors (Lipinski definition) is 5. The number of aliphatic carboxylic acids is 1. The first kappa shape index (κ1) is 20.9. The molecule has 29 heavy (non-hydrogen) atoms. The number of carboxylic acids is 1. The molecule has 0 aliphatic rings. The van der Waals surface area contributed by atoms with Crippen LogP contribution in [0.1, 0.15) is 35.1 Å². The monoisotopic (exact) mass is 416 g/mol. The topological polar surface area (TPSA) is 116 Å². The number of likely N-dealkylation sites (N-methyl/N-ethyl adjacent to an activating group) is 1. The number of nitrogens with zero attached hydrogens (tertiary/aromatic N) is 3. The molecule has 0 saturated heterocycles. The van der Waals surface area contributed by atoms with E-state index < -0.39 is 22.5 Å². The molecule has 2 N–H and O–H groups in total. The van der Waals surface area contributed by atoms with Crippen LogP contribution in [0.15, 0.2) is 29.2 Å². The number of carbonyl (C=O) groups is 1. The van der Waals surface area contributed by atoms with Crippen LogP contribution in [0.2, 0.25) is 0 Å². The van der Waals surface area contributed by atoms with Crippen molar-refractivity contribution in [3.05, 3.63) is 52.5 Å². The molecule has 0 bridgehead atoms. The zero-order valence-electron chi connectivity index (χ0n) is 16.9. The molecule has 2 heterocycles. The lowest BCUT2D eigenvalue weighted by atomic mass is 9.99. The van der Waals surface area contributed by atoms with Gasteiger partial charge in [-0.1, -0.05) is 19.1 Å². The van der Waals surface area contributed by atoms with Gasteiger partial charge in [-0.2, -0.15) is 4.31 Å². The minimum atomic E-state index is -3.84. The number of pyridine rings is 1. The van der Waals surface area contributed by atoms with Crippen LogP contribution in [0, 0.1) is 13.8 Å². The van der Waals surface area contributed by atoms with E-state index in [-0.39, 0.29) is 4.90 Å². The fourth-order valence-corrected chi connectivity index (χ4v) is 4.39. The van der Waals surface area contributed by atoms with Crippen molar-refractivity contribution in [3.8, 4) is 0 Å². The van der Waals surface area contributed by atoms with Crippen LogP contribution in [0.5, 0.6) is 0 Å². The largest absolute Gasteiger partial charge is 0.480 e. The summed E-state index contributed by atoms with van der Waals surface area (Å²) in [5.41, 5.74) is 5.59. The first-order valence-electron chi connectivity index (χ1n) is 9.25. The Morgan fingerprint density at radius 2 is 1.83 bits per heavy atom. The average Bonchev–Trinajstić information content (AvgIpc) is 3.08. The van der Waals surface area contributed by atoms with Crippen LogP contribution in [-0.2, 0) is 27.7 Å². The van der Waals surface area contributed by atoms with Crippen molar-refractivity contribution in [2.45, 2.75) is 38.5 Å². The van der Waals surface area contributed by atoms with Crippen molar-refractivity contribution in [1.29, 1.82) is 0 Å². The van der Waals surface area contributed by atoms with E-state index >= 15 is 0 Å². The number of H-pyrrole nitrogens is 1. The molecule has 2 aromatic heterocycles. The minimum Gasteiger partial charge on any atom is -0.480 e. The third kappa shape index (κ3) is 4.15. The van der Waals surface area contributed by atoms with Gasteiger partial charge in [0, 0.05) is 19.2 Å². The summed E-state index contributed by atoms with van der Waals surface area (Å²) >= 11 is 0. The van der Waals surface area contributed by atoms with E-state index in [1.54, 1.807) is 12.1 Å². The van der Waals surface area contributed by atoms with Gasteiger partial charge in [-0.25, -0.2) is 18.4 Å². The van der Waals surface area contributed by atoms with E-state index in [9.17, 15) is 13.2 Å². The van der Waals surface area contributed by atoms with Gasteiger partial charge in [-0.15, -0.1) is 0 Å².